The fraction of sp³-hybridized carbons (Fsp3) is 0.111. The molecule has 2 N–H and O–H groups in total. The van der Waals surface area contributed by atoms with Crippen LogP contribution in [-0.4, -0.2) is 36.0 Å². The van der Waals surface area contributed by atoms with Gasteiger partial charge >= 0.3 is 124 Å². The van der Waals surface area contributed by atoms with E-state index in [1.54, 1.807) is 6.07 Å². The van der Waals surface area contributed by atoms with Crippen molar-refractivity contribution in [3.8, 4) is 0 Å². The van der Waals surface area contributed by atoms with Crippen LogP contribution < -0.4 is 15.2 Å². The molecule has 0 saturated carbocycles. The quantitative estimate of drug-likeness (QED) is 0.506. The normalized spacial score (nSPS) is 9.65. The molecule has 8 heteroatoms. The zero-order valence-electron chi connectivity index (χ0n) is 8.71. The summed E-state index contributed by atoms with van der Waals surface area (Å²) in [5.41, 5.74) is 4.84. The number of nitrogens with one attached hydrogen (secondary N) is 2. The SMILES string of the molecule is COC(=O)NNC(=O)c1cc(Br)cc(Br)c1[AsH2]. The molecule has 0 spiro atoms. The first-order valence-electron chi connectivity index (χ1n) is 4.34. The third kappa shape index (κ3) is 4.01. The molecule has 0 bridgehead atoms. The molecule has 0 saturated heterocycles. The van der Waals surface area contributed by atoms with Gasteiger partial charge < -0.3 is 0 Å². The van der Waals surface area contributed by atoms with E-state index >= 15 is 0 Å². The van der Waals surface area contributed by atoms with Crippen molar-refractivity contribution in [2.24, 2.45) is 0 Å². The molecule has 0 fully saturated rings. The molecule has 0 aliphatic rings. The molecule has 17 heavy (non-hydrogen) atoms. The molecule has 0 aliphatic heterocycles. The Bertz CT molecular complexity index is 468. The second-order valence-corrected chi connectivity index (χ2v) is 5.90. The molecular formula is C9H9AsBr2N2O3. The second-order valence-electron chi connectivity index (χ2n) is 2.92. The summed E-state index contributed by atoms with van der Waals surface area (Å²) in [5.74, 6) is -0.406. The van der Waals surface area contributed by atoms with Crippen molar-refractivity contribution in [3.63, 3.8) is 0 Å². The Morgan fingerprint density at radius 3 is 2.53 bits per heavy atom. The number of rotatable bonds is 1. The van der Waals surface area contributed by atoms with Gasteiger partial charge in [-0.3, -0.25) is 0 Å². The number of halogens is 2. The first-order chi connectivity index (χ1) is 7.95. The van der Waals surface area contributed by atoms with Gasteiger partial charge in [0, 0.05) is 0 Å². The monoisotopic (exact) mass is 426 g/mol. The summed E-state index contributed by atoms with van der Waals surface area (Å²) in [5, 5.41) is 0. The van der Waals surface area contributed by atoms with E-state index in [2.05, 4.69) is 47.4 Å². The van der Waals surface area contributed by atoms with Crippen LogP contribution >= 0.6 is 31.9 Å². The van der Waals surface area contributed by atoms with Crippen LogP contribution in [-0.2, 0) is 4.74 Å². The first kappa shape index (κ1) is 14.5. The van der Waals surface area contributed by atoms with Gasteiger partial charge in [0.25, 0.3) is 0 Å². The van der Waals surface area contributed by atoms with E-state index in [0.29, 0.717) is 5.56 Å². The number of ether oxygens (including phenoxy) is 1. The number of methoxy groups -OCH3 is 1. The average Bonchev–Trinajstić information content (AvgIpc) is 2.30. The molecule has 1 aromatic rings. The summed E-state index contributed by atoms with van der Waals surface area (Å²) >= 11 is 7.95. The predicted molar refractivity (Wildman–Crippen MR) is 73.0 cm³/mol. The Kier molecular flexibility index (Phi) is 5.49. The number of hydrogen-bond acceptors (Lipinski definition) is 3. The summed E-state index contributed by atoms with van der Waals surface area (Å²) < 4.78 is 6.77. The van der Waals surface area contributed by atoms with E-state index in [1.807, 2.05) is 6.07 Å². The van der Waals surface area contributed by atoms with Crippen LogP contribution in [0.3, 0.4) is 0 Å². The summed E-state index contributed by atoms with van der Waals surface area (Å²) in [7, 11) is 1.21. The zero-order valence-corrected chi connectivity index (χ0v) is 14.3. The Morgan fingerprint density at radius 2 is 1.94 bits per heavy atom. The molecule has 0 aliphatic carbocycles. The molecule has 1 unspecified atom stereocenters. The summed E-state index contributed by atoms with van der Waals surface area (Å²) in [6, 6.07) is 3.53. The Morgan fingerprint density at radius 1 is 1.29 bits per heavy atom. The Hall–Kier alpha value is -0.522. The molecule has 0 heterocycles. The summed E-state index contributed by atoms with van der Waals surface area (Å²) in [6.45, 7) is 0. The number of benzene rings is 1. The van der Waals surface area contributed by atoms with E-state index in [0.717, 1.165) is 13.3 Å². The summed E-state index contributed by atoms with van der Waals surface area (Å²) in [4.78, 5) is 22.6. The molecule has 1 atom stereocenters. The molecule has 92 valence electrons. The number of hydrazine groups is 1. The van der Waals surface area contributed by atoms with E-state index in [-0.39, 0.29) is 0 Å². The molecule has 0 aromatic heterocycles. The molecule has 1 rings (SSSR count). The topological polar surface area (TPSA) is 67.4 Å². The van der Waals surface area contributed by atoms with Gasteiger partial charge in [-0.1, -0.05) is 0 Å². The van der Waals surface area contributed by atoms with Crippen molar-refractivity contribution < 1.29 is 14.3 Å². The third-order valence-electron chi connectivity index (χ3n) is 1.80. The zero-order chi connectivity index (χ0) is 13.0. The van der Waals surface area contributed by atoms with Crippen LogP contribution in [0.5, 0.6) is 0 Å². The van der Waals surface area contributed by atoms with Gasteiger partial charge in [-0.15, -0.1) is 0 Å². The number of hydrogen-bond donors (Lipinski definition) is 2. The van der Waals surface area contributed by atoms with Crippen LogP contribution in [0.4, 0.5) is 4.79 Å². The van der Waals surface area contributed by atoms with Crippen LogP contribution in [0, 0.1) is 0 Å². The van der Waals surface area contributed by atoms with Gasteiger partial charge in [-0.25, -0.2) is 0 Å². The first-order valence-corrected chi connectivity index (χ1v) is 7.14. The third-order valence-corrected chi connectivity index (χ3v) is 5.11. The second kappa shape index (κ2) is 6.42. The Balaban J connectivity index is 2.86. The van der Waals surface area contributed by atoms with Crippen molar-refractivity contribution in [2.75, 3.05) is 7.11 Å². The van der Waals surface area contributed by atoms with Crippen molar-refractivity contribution in [3.05, 3.63) is 26.6 Å². The fourth-order valence-electron chi connectivity index (χ4n) is 0.999. The minimum atomic E-state index is -0.726. The van der Waals surface area contributed by atoms with Gasteiger partial charge in [0.2, 0.25) is 0 Å². The van der Waals surface area contributed by atoms with Crippen LogP contribution in [0.1, 0.15) is 10.4 Å². The maximum atomic E-state index is 11.8. The van der Waals surface area contributed by atoms with E-state index in [1.165, 1.54) is 24.0 Å². The van der Waals surface area contributed by atoms with Crippen LogP contribution in [0.2, 0.25) is 0 Å². The van der Waals surface area contributed by atoms with Gasteiger partial charge in [0.05, 0.1) is 0 Å². The average molecular weight is 428 g/mol. The van der Waals surface area contributed by atoms with Gasteiger partial charge in [0.15, 0.2) is 0 Å². The Labute approximate surface area is 123 Å². The van der Waals surface area contributed by atoms with Crippen molar-refractivity contribution in [2.45, 2.75) is 0 Å². The van der Waals surface area contributed by atoms with Crippen molar-refractivity contribution >= 4 is 65.1 Å². The molecule has 5 nitrogen and oxygen atoms in total. The standard InChI is InChI=1S/C9H9AsBr2N2O3/c1-17-9(16)14-13-8(15)5-2-4(11)3-6(12)7(5)10/h2-3H,10H2,1H3,(H,13,15)(H,14,16). The van der Waals surface area contributed by atoms with E-state index in [9.17, 15) is 9.59 Å². The molecule has 2 amide bonds. The molecule has 0 radical (unpaired) electrons. The minimum absolute atomic E-state index is 0.406. The van der Waals surface area contributed by atoms with E-state index in [4.69, 9.17) is 0 Å². The molecular weight excluding hydrogens is 419 g/mol. The fourth-order valence-corrected chi connectivity index (χ4v) is 2.85. The summed E-state index contributed by atoms with van der Waals surface area (Å²) in [6.07, 6.45) is -0.726. The van der Waals surface area contributed by atoms with Gasteiger partial charge in [-0.2, -0.15) is 0 Å². The predicted octanol–water partition coefficient (Wildman–Crippen LogP) is 0.471. The number of amides is 2. The van der Waals surface area contributed by atoms with Crippen molar-refractivity contribution in [1.82, 2.24) is 10.9 Å². The number of carbonyl (C=O) groups is 2. The van der Waals surface area contributed by atoms with Crippen LogP contribution in [0.25, 0.3) is 0 Å². The van der Waals surface area contributed by atoms with Crippen LogP contribution in [0.15, 0.2) is 21.1 Å². The van der Waals surface area contributed by atoms with Crippen molar-refractivity contribution in [1.29, 1.82) is 0 Å². The van der Waals surface area contributed by atoms with Gasteiger partial charge in [0.1, 0.15) is 0 Å². The number of carbonyl (C=O) groups excluding carboxylic acids is 2. The van der Waals surface area contributed by atoms with E-state index < -0.39 is 12.0 Å². The maximum absolute atomic E-state index is 11.8. The molecule has 1 aromatic carbocycles. The van der Waals surface area contributed by atoms with Gasteiger partial charge in [-0.05, 0) is 0 Å².